The van der Waals surface area contributed by atoms with Crippen LogP contribution in [0.3, 0.4) is 0 Å². The number of rotatable bonds is 8. The normalized spacial score (nSPS) is 12.5. The van der Waals surface area contributed by atoms with Gasteiger partial charge in [0.25, 0.3) is 5.56 Å². The molecule has 1 aromatic heterocycles. The van der Waals surface area contributed by atoms with Gasteiger partial charge in [0.1, 0.15) is 5.75 Å². The number of aryl methyl sites for hydroxylation is 1. The molecule has 3 aromatic rings. The van der Waals surface area contributed by atoms with Crippen LogP contribution in [-0.2, 0) is 23.9 Å². The maximum atomic E-state index is 13.7. The summed E-state index contributed by atoms with van der Waals surface area (Å²) in [6.07, 6.45) is -2.27. The van der Waals surface area contributed by atoms with Gasteiger partial charge in [-0.2, -0.15) is 18.4 Å². The van der Waals surface area contributed by atoms with Gasteiger partial charge in [-0.15, -0.1) is 0 Å². The Balaban J connectivity index is 2.10. The molecule has 11 heteroatoms. The predicted molar refractivity (Wildman–Crippen MR) is 131 cm³/mol. The molecule has 0 aliphatic rings. The molecule has 0 aliphatic heterocycles. The summed E-state index contributed by atoms with van der Waals surface area (Å²) in [5.41, 5.74) is 11.5. The van der Waals surface area contributed by atoms with Gasteiger partial charge in [-0.3, -0.25) is 9.36 Å². The molecular formula is C26H24F3N5O3. The Labute approximate surface area is 210 Å². The molecule has 0 amide bonds. The molecule has 2 aromatic carbocycles. The second kappa shape index (κ2) is 11.3. The SMILES string of the molecule is CCc1cc(C#N)cc(Oc2c(C(F)(F)F)ncn(CC(/C=C(\N)c3ccccc3)=C(/N)OC)c2=O)c1. The standard InChI is InChI=1S/C26H24F3N5O3/c1-3-16-9-17(13-30)11-20(10-16)37-22-23(26(27,28)29)33-15-34(25(22)35)14-19(24(32)36-2)12-21(31)18-7-5-4-6-8-18/h4-12,15H,3,14,31-32H2,1-2H3/b21-12-,24-19-. The molecule has 1 heterocycles. The van der Waals surface area contributed by atoms with Crippen LogP contribution in [0.5, 0.6) is 11.5 Å². The molecular weight excluding hydrogens is 487 g/mol. The molecule has 0 unspecified atom stereocenters. The fourth-order valence-corrected chi connectivity index (χ4v) is 3.39. The molecule has 0 saturated heterocycles. The van der Waals surface area contributed by atoms with E-state index in [1.54, 1.807) is 37.3 Å². The van der Waals surface area contributed by atoms with Crippen molar-refractivity contribution >= 4 is 5.70 Å². The number of nitrogens with zero attached hydrogens (tertiary/aromatic N) is 3. The van der Waals surface area contributed by atoms with Gasteiger partial charge in [0, 0.05) is 11.3 Å². The average Bonchev–Trinajstić information content (AvgIpc) is 2.89. The fourth-order valence-electron chi connectivity index (χ4n) is 3.39. The molecule has 0 saturated carbocycles. The largest absolute Gasteiger partial charge is 0.482 e. The van der Waals surface area contributed by atoms with Crippen molar-refractivity contribution in [1.29, 1.82) is 5.26 Å². The molecule has 3 rings (SSSR count). The summed E-state index contributed by atoms with van der Waals surface area (Å²) in [5.74, 6) is -1.23. The first-order valence-electron chi connectivity index (χ1n) is 11.0. The Bertz CT molecular complexity index is 1440. The molecule has 37 heavy (non-hydrogen) atoms. The van der Waals surface area contributed by atoms with Crippen molar-refractivity contribution in [3.05, 3.63) is 105 Å². The Morgan fingerprint density at radius 2 is 1.89 bits per heavy atom. The summed E-state index contributed by atoms with van der Waals surface area (Å²) in [4.78, 5) is 16.7. The smallest absolute Gasteiger partial charge is 0.437 e. The van der Waals surface area contributed by atoms with Crippen LogP contribution in [0.15, 0.2) is 77.2 Å². The minimum absolute atomic E-state index is 0.0949. The van der Waals surface area contributed by atoms with Crippen LogP contribution in [0.4, 0.5) is 13.2 Å². The summed E-state index contributed by atoms with van der Waals surface area (Å²) in [7, 11) is 1.30. The van der Waals surface area contributed by atoms with Crippen molar-refractivity contribution in [3.63, 3.8) is 0 Å². The number of nitrogens with two attached hydrogens (primary N) is 2. The van der Waals surface area contributed by atoms with Gasteiger partial charge in [-0.1, -0.05) is 37.3 Å². The Morgan fingerprint density at radius 1 is 1.19 bits per heavy atom. The molecule has 0 bridgehead atoms. The predicted octanol–water partition coefficient (Wildman–Crippen LogP) is 4.30. The number of benzene rings is 2. The molecule has 0 aliphatic carbocycles. The summed E-state index contributed by atoms with van der Waals surface area (Å²) in [6.45, 7) is 1.49. The highest BCUT2D eigenvalue weighted by Crippen LogP contribution is 2.35. The molecule has 192 valence electrons. The maximum Gasteiger partial charge on any atom is 0.437 e. The maximum absolute atomic E-state index is 13.7. The van der Waals surface area contributed by atoms with Crippen LogP contribution in [0, 0.1) is 11.3 Å². The lowest BCUT2D eigenvalue weighted by atomic mass is 10.1. The van der Waals surface area contributed by atoms with Gasteiger partial charge in [0.2, 0.25) is 5.75 Å². The number of allylic oxidation sites excluding steroid dienone is 2. The third-order valence-electron chi connectivity index (χ3n) is 5.30. The van der Waals surface area contributed by atoms with Gasteiger partial charge < -0.3 is 20.9 Å². The number of hydrogen-bond acceptors (Lipinski definition) is 7. The van der Waals surface area contributed by atoms with Crippen LogP contribution in [-0.4, -0.2) is 16.7 Å². The lowest BCUT2D eigenvalue weighted by Crippen LogP contribution is -2.27. The van der Waals surface area contributed by atoms with Crippen LogP contribution >= 0.6 is 0 Å². The van der Waals surface area contributed by atoms with Crippen LogP contribution in [0.2, 0.25) is 0 Å². The number of methoxy groups -OCH3 is 1. The first kappa shape index (κ1) is 26.9. The second-order valence-electron chi connectivity index (χ2n) is 7.85. The van der Waals surface area contributed by atoms with Gasteiger partial charge in [0.15, 0.2) is 11.6 Å². The van der Waals surface area contributed by atoms with E-state index in [0.717, 1.165) is 10.9 Å². The number of aromatic nitrogens is 2. The van der Waals surface area contributed by atoms with Crippen molar-refractivity contribution in [2.75, 3.05) is 7.11 Å². The quantitative estimate of drug-likeness (QED) is 0.341. The summed E-state index contributed by atoms with van der Waals surface area (Å²) in [6, 6.07) is 15.1. The number of halogens is 3. The molecule has 0 atom stereocenters. The molecule has 8 nitrogen and oxygen atoms in total. The topological polar surface area (TPSA) is 129 Å². The zero-order valence-corrected chi connectivity index (χ0v) is 20.0. The van der Waals surface area contributed by atoms with E-state index in [1.165, 1.54) is 25.3 Å². The summed E-state index contributed by atoms with van der Waals surface area (Å²) < 4.78 is 52.6. The number of nitriles is 1. The average molecular weight is 512 g/mol. The van der Waals surface area contributed by atoms with E-state index in [9.17, 15) is 23.2 Å². The summed E-state index contributed by atoms with van der Waals surface area (Å²) in [5, 5.41) is 9.25. The number of alkyl halides is 3. The van der Waals surface area contributed by atoms with Crippen molar-refractivity contribution in [1.82, 2.24) is 9.55 Å². The van der Waals surface area contributed by atoms with E-state index in [0.29, 0.717) is 23.2 Å². The molecule has 0 spiro atoms. The van der Waals surface area contributed by atoms with E-state index in [2.05, 4.69) is 4.98 Å². The Morgan fingerprint density at radius 3 is 2.49 bits per heavy atom. The first-order chi connectivity index (χ1) is 17.6. The van der Waals surface area contributed by atoms with Gasteiger partial charge >= 0.3 is 6.18 Å². The first-order valence-corrected chi connectivity index (χ1v) is 11.0. The monoisotopic (exact) mass is 511 g/mol. The minimum atomic E-state index is -4.98. The van der Waals surface area contributed by atoms with Crippen molar-refractivity contribution < 1.29 is 22.6 Å². The summed E-state index contributed by atoms with van der Waals surface area (Å²) >= 11 is 0. The van der Waals surface area contributed by atoms with Crippen LogP contribution in [0.1, 0.15) is 29.3 Å². The van der Waals surface area contributed by atoms with Crippen LogP contribution < -0.4 is 21.8 Å². The lowest BCUT2D eigenvalue weighted by Gasteiger charge is -2.16. The molecule has 0 radical (unpaired) electrons. The van der Waals surface area contributed by atoms with Gasteiger partial charge in [0.05, 0.1) is 31.6 Å². The highest BCUT2D eigenvalue weighted by Gasteiger charge is 2.39. The molecule has 4 N–H and O–H groups in total. The van der Waals surface area contributed by atoms with E-state index in [-0.39, 0.29) is 29.3 Å². The van der Waals surface area contributed by atoms with Gasteiger partial charge in [-0.25, -0.2) is 4.98 Å². The molecule has 0 fully saturated rings. The van der Waals surface area contributed by atoms with Crippen LogP contribution in [0.25, 0.3) is 5.70 Å². The second-order valence-corrected chi connectivity index (χ2v) is 7.85. The lowest BCUT2D eigenvalue weighted by molar-refractivity contribution is -0.142. The highest BCUT2D eigenvalue weighted by molar-refractivity contribution is 5.65. The highest BCUT2D eigenvalue weighted by atomic mass is 19.4. The van der Waals surface area contributed by atoms with Crippen molar-refractivity contribution in [2.24, 2.45) is 11.5 Å². The van der Waals surface area contributed by atoms with E-state index < -0.39 is 23.2 Å². The number of ether oxygens (including phenoxy) is 2. The van der Waals surface area contributed by atoms with E-state index >= 15 is 0 Å². The van der Waals surface area contributed by atoms with Gasteiger partial charge in [-0.05, 0) is 41.8 Å². The number of hydrogen-bond donors (Lipinski definition) is 2. The third-order valence-corrected chi connectivity index (χ3v) is 5.30. The Hall–Kier alpha value is -4.72. The zero-order chi connectivity index (χ0) is 27.2. The van der Waals surface area contributed by atoms with E-state index in [1.807, 2.05) is 12.1 Å². The Kier molecular flexibility index (Phi) is 8.24. The van der Waals surface area contributed by atoms with Crippen molar-refractivity contribution in [3.8, 4) is 17.6 Å². The van der Waals surface area contributed by atoms with Crippen molar-refractivity contribution in [2.45, 2.75) is 26.1 Å². The fraction of sp³-hybridized carbons (Fsp3) is 0.192. The van der Waals surface area contributed by atoms with E-state index in [4.69, 9.17) is 20.9 Å². The minimum Gasteiger partial charge on any atom is -0.482 e. The third kappa shape index (κ3) is 6.49. The zero-order valence-electron chi connectivity index (χ0n) is 20.0.